The van der Waals surface area contributed by atoms with Crippen LogP contribution in [0, 0.1) is 11.3 Å². The van der Waals surface area contributed by atoms with Crippen LogP contribution in [0.3, 0.4) is 0 Å². The maximum absolute atomic E-state index is 12.3. The van der Waals surface area contributed by atoms with E-state index >= 15 is 0 Å². The molecule has 0 heterocycles. The minimum Gasteiger partial charge on any atom is -0.492 e. The van der Waals surface area contributed by atoms with Gasteiger partial charge in [-0.1, -0.05) is 32.4 Å². The van der Waals surface area contributed by atoms with E-state index < -0.39 is 0 Å². The molecule has 21 heavy (non-hydrogen) atoms. The molecule has 0 fully saturated rings. The highest BCUT2D eigenvalue weighted by Crippen LogP contribution is 2.29. The third-order valence-corrected chi connectivity index (χ3v) is 3.31. The SMILES string of the molecule is CCOc1ccc(NC(=O)C(CN)CC(C)(C)C)cc1Cl. The Bertz CT molecular complexity index is 484. The number of benzene rings is 1. The molecule has 0 bridgehead atoms. The summed E-state index contributed by atoms with van der Waals surface area (Å²) in [6, 6.07) is 5.22. The minimum atomic E-state index is -0.213. The fourth-order valence-corrected chi connectivity index (χ4v) is 2.35. The summed E-state index contributed by atoms with van der Waals surface area (Å²) in [6.45, 7) is 9.05. The molecule has 0 spiro atoms. The van der Waals surface area contributed by atoms with Gasteiger partial charge in [-0.2, -0.15) is 0 Å². The Labute approximate surface area is 132 Å². The van der Waals surface area contributed by atoms with Gasteiger partial charge in [0.2, 0.25) is 5.91 Å². The number of nitrogens with two attached hydrogens (primary N) is 1. The van der Waals surface area contributed by atoms with E-state index in [0.717, 1.165) is 6.42 Å². The maximum Gasteiger partial charge on any atom is 0.228 e. The first-order valence-electron chi connectivity index (χ1n) is 7.20. The van der Waals surface area contributed by atoms with Gasteiger partial charge in [-0.05, 0) is 37.0 Å². The summed E-state index contributed by atoms with van der Waals surface area (Å²) in [6.07, 6.45) is 0.736. The molecule has 1 amide bonds. The molecule has 1 aromatic carbocycles. The molecule has 0 aliphatic rings. The van der Waals surface area contributed by atoms with Crippen molar-refractivity contribution in [3.05, 3.63) is 23.2 Å². The lowest BCUT2D eigenvalue weighted by atomic mass is 9.84. The molecular formula is C16H25ClN2O2. The zero-order chi connectivity index (χ0) is 16.0. The zero-order valence-electron chi connectivity index (χ0n) is 13.2. The van der Waals surface area contributed by atoms with Gasteiger partial charge < -0.3 is 15.8 Å². The third-order valence-electron chi connectivity index (χ3n) is 3.01. The third kappa shape index (κ3) is 5.94. The van der Waals surface area contributed by atoms with Crippen molar-refractivity contribution < 1.29 is 9.53 Å². The van der Waals surface area contributed by atoms with Crippen LogP contribution < -0.4 is 15.8 Å². The molecule has 0 aliphatic carbocycles. The van der Waals surface area contributed by atoms with Crippen molar-refractivity contribution in [2.24, 2.45) is 17.1 Å². The Hall–Kier alpha value is -1.26. The summed E-state index contributed by atoms with van der Waals surface area (Å²) in [5.74, 6) is 0.324. The molecule has 5 heteroatoms. The van der Waals surface area contributed by atoms with E-state index in [1.807, 2.05) is 6.92 Å². The monoisotopic (exact) mass is 312 g/mol. The van der Waals surface area contributed by atoms with Gasteiger partial charge in [0.15, 0.2) is 0 Å². The van der Waals surface area contributed by atoms with E-state index in [0.29, 0.717) is 29.6 Å². The average molecular weight is 313 g/mol. The van der Waals surface area contributed by atoms with E-state index in [1.165, 1.54) is 0 Å². The summed E-state index contributed by atoms with van der Waals surface area (Å²) in [7, 11) is 0. The van der Waals surface area contributed by atoms with Crippen molar-refractivity contribution in [1.29, 1.82) is 0 Å². The maximum atomic E-state index is 12.3. The second kappa shape index (κ2) is 7.66. The van der Waals surface area contributed by atoms with Crippen molar-refractivity contribution in [2.45, 2.75) is 34.1 Å². The van der Waals surface area contributed by atoms with Gasteiger partial charge in [-0.15, -0.1) is 0 Å². The number of carbonyl (C=O) groups excluding carboxylic acids is 1. The molecule has 0 saturated heterocycles. The zero-order valence-corrected chi connectivity index (χ0v) is 14.0. The van der Waals surface area contributed by atoms with Gasteiger partial charge in [0.05, 0.1) is 17.5 Å². The topological polar surface area (TPSA) is 64.3 Å². The van der Waals surface area contributed by atoms with Crippen LogP contribution in [0.5, 0.6) is 5.75 Å². The molecule has 0 radical (unpaired) electrons. The fourth-order valence-electron chi connectivity index (χ4n) is 2.12. The number of hydrogen-bond acceptors (Lipinski definition) is 3. The molecule has 0 aromatic heterocycles. The first kappa shape index (κ1) is 17.8. The Morgan fingerprint density at radius 1 is 1.43 bits per heavy atom. The van der Waals surface area contributed by atoms with Crippen LogP contribution in [0.2, 0.25) is 5.02 Å². The van der Waals surface area contributed by atoms with Gasteiger partial charge in [0.25, 0.3) is 0 Å². The highest BCUT2D eigenvalue weighted by atomic mass is 35.5. The van der Waals surface area contributed by atoms with Crippen LogP contribution in [-0.4, -0.2) is 19.1 Å². The van der Waals surface area contributed by atoms with Crippen LogP contribution in [0.15, 0.2) is 18.2 Å². The van der Waals surface area contributed by atoms with Crippen LogP contribution >= 0.6 is 11.6 Å². The van der Waals surface area contributed by atoms with Gasteiger partial charge in [-0.25, -0.2) is 0 Å². The van der Waals surface area contributed by atoms with Crippen molar-refractivity contribution in [3.63, 3.8) is 0 Å². The van der Waals surface area contributed by atoms with Crippen LogP contribution in [0.25, 0.3) is 0 Å². The van der Waals surface area contributed by atoms with Crippen LogP contribution in [0.4, 0.5) is 5.69 Å². The summed E-state index contributed by atoms with van der Waals surface area (Å²) in [4.78, 5) is 12.3. The van der Waals surface area contributed by atoms with Crippen molar-refractivity contribution in [1.82, 2.24) is 0 Å². The smallest absolute Gasteiger partial charge is 0.228 e. The molecule has 1 aromatic rings. The van der Waals surface area contributed by atoms with Gasteiger partial charge in [0.1, 0.15) is 5.75 Å². The first-order chi connectivity index (χ1) is 9.76. The Morgan fingerprint density at radius 3 is 2.57 bits per heavy atom. The van der Waals surface area contributed by atoms with Crippen LogP contribution in [0.1, 0.15) is 34.1 Å². The van der Waals surface area contributed by atoms with Crippen molar-refractivity contribution in [3.8, 4) is 5.75 Å². The molecular weight excluding hydrogens is 288 g/mol. The van der Waals surface area contributed by atoms with Crippen molar-refractivity contribution >= 4 is 23.2 Å². The molecule has 118 valence electrons. The largest absolute Gasteiger partial charge is 0.492 e. The molecule has 4 nitrogen and oxygen atoms in total. The fraction of sp³-hybridized carbons (Fsp3) is 0.562. The standard InChI is InChI=1S/C16H25ClN2O2/c1-5-21-14-7-6-12(8-13(14)17)19-15(20)11(10-18)9-16(2,3)4/h6-8,11H,5,9-10,18H2,1-4H3,(H,19,20). The summed E-state index contributed by atoms with van der Waals surface area (Å²) >= 11 is 6.11. The van der Waals surface area contributed by atoms with E-state index in [4.69, 9.17) is 22.1 Å². The Morgan fingerprint density at radius 2 is 2.10 bits per heavy atom. The Balaban J connectivity index is 2.75. The summed E-state index contributed by atoms with van der Waals surface area (Å²) in [5.41, 5.74) is 6.43. The lowest BCUT2D eigenvalue weighted by Gasteiger charge is -2.24. The van der Waals surface area contributed by atoms with E-state index in [2.05, 4.69) is 26.1 Å². The number of carbonyl (C=O) groups is 1. The lowest BCUT2D eigenvalue weighted by Crippen LogP contribution is -2.32. The quantitative estimate of drug-likeness (QED) is 0.842. The molecule has 1 atom stereocenters. The van der Waals surface area contributed by atoms with Gasteiger partial charge in [-0.3, -0.25) is 4.79 Å². The second-order valence-corrected chi connectivity index (χ2v) is 6.67. The normalized spacial score (nSPS) is 12.9. The molecule has 0 aliphatic heterocycles. The predicted octanol–water partition coefficient (Wildman–Crippen LogP) is 3.69. The molecule has 3 N–H and O–H groups in total. The summed E-state index contributed by atoms with van der Waals surface area (Å²) in [5, 5.41) is 3.35. The lowest BCUT2D eigenvalue weighted by molar-refractivity contribution is -0.120. The number of anilines is 1. The second-order valence-electron chi connectivity index (χ2n) is 6.26. The van der Waals surface area contributed by atoms with Crippen LogP contribution in [-0.2, 0) is 4.79 Å². The summed E-state index contributed by atoms with van der Waals surface area (Å²) < 4.78 is 5.37. The number of rotatable bonds is 6. The van der Waals surface area contributed by atoms with Gasteiger partial charge >= 0.3 is 0 Å². The minimum absolute atomic E-state index is 0.0534. The van der Waals surface area contributed by atoms with Gasteiger partial charge in [0, 0.05) is 12.2 Å². The first-order valence-corrected chi connectivity index (χ1v) is 7.58. The van der Waals surface area contributed by atoms with E-state index in [9.17, 15) is 4.79 Å². The van der Waals surface area contributed by atoms with Crippen molar-refractivity contribution in [2.75, 3.05) is 18.5 Å². The highest BCUT2D eigenvalue weighted by molar-refractivity contribution is 6.32. The highest BCUT2D eigenvalue weighted by Gasteiger charge is 2.23. The molecule has 1 unspecified atom stereocenters. The predicted molar refractivity (Wildman–Crippen MR) is 87.9 cm³/mol. The number of ether oxygens (including phenoxy) is 1. The van der Waals surface area contributed by atoms with E-state index in [-0.39, 0.29) is 17.2 Å². The number of hydrogen-bond donors (Lipinski definition) is 2. The number of amides is 1. The number of halogens is 1. The molecule has 1 rings (SSSR count). The number of nitrogens with one attached hydrogen (secondary N) is 1. The Kier molecular flexibility index (Phi) is 6.49. The molecule has 0 saturated carbocycles. The average Bonchev–Trinajstić information content (AvgIpc) is 2.38. The van der Waals surface area contributed by atoms with E-state index in [1.54, 1.807) is 18.2 Å².